The molecule has 43 heavy (non-hydrogen) atoms. The first-order valence-corrected chi connectivity index (χ1v) is 14.6. The highest BCUT2D eigenvalue weighted by Gasteiger charge is 2.34. The number of anilines is 3. The van der Waals surface area contributed by atoms with Crippen molar-refractivity contribution in [2.24, 2.45) is 0 Å². The molecule has 13 heteroatoms. The average Bonchev–Trinajstić information content (AvgIpc) is 3.74. The minimum atomic E-state index is -4.56. The monoisotopic (exact) mass is 612 g/mol. The molecule has 2 aromatic carbocycles. The van der Waals surface area contributed by atoms with Gasteiger partial charge in [0.05, 0.1) is 21.7 Å². The third-order valence-electron chi connectivity index (χ3n) is 8.09. The van der Waals surface area contributed by atoms with E-state index in [0.717, 1.165) is 60.7 Å². The lowest BCUT2D eigenvalue weighted by atomic mass is 10.0. The fourth-order valence-electron chi connectivity index (χ4n) is 5.59. The summed E-state index contributed by atoms with van der Waals surface area (Å²) in [6.45, 7) is 6.26. The lowest BCUT2D eigenvalue weighted by molar-refractivity contribution is -0.138. The SMILES string of the molecule is CCN1CCN(Cc2ccc(NC(=O)Nc3ccc(-c4cn(C5CC5)c5ncnc(N)c45)cc3Cl)cc2C(F)(F)F)CC1. The molecule has 0 bridgehead atoms. The van der Waals surface area contributed by atoms with Gasteiger partial charge < -0.3 is 25.8 Å². The fraction of sp³-hybridized carbons (Fsp3) is 0.367. The summed E-state index contributed by atoms with van der Waals surface area (Å²) in [5.74, 6) is 0.361. The maximum atomic E-state index is 14.0. The number of nitrogen functional groups attached to an aromatic ring is 1. The van der Waals surface area contributed by atoms with E-state index in [2.05, 4.69) is 37.0 Å². The van der Waals surface area contributed by atoms with Crippen LogP contribution in [0, 0.1) is 0 Å². The Kier molecular flexibility index (Phi) is 7.92. The van der Waals surface area contributed by atoms with Crippen LogP contribution in [-0.2, 0) is 12.7 Å². The molecule has 2 amide bonds. The summed E-state index contributed by atoms with van der Waals surface area (Å²) in [4.78, 5) is 25.7. The topological polar surface area (TPSA) is 104 Å². The number of benzene rings is 2. The second-order valence-electron chi connectivity index (χ2n) is 11.0. The van der Waals surface area contributed by atoms with Gasteiger partial charge in [0.2, 0.25) is 0 Å². The molecule has 9 nitrogen and oxygen atoms in total. The lowest BCUT2D eigenvalue weighted by Crippen LogP contribution is -2.45. The molecule has 0 spiro atoms. The molecule has 1 aliphatic heterocycles. The van der Waals surface area contributed by atoms with Gasteiger partial charge in [0, 0.05) is 56.2 Å². The van der Waals surface area contributed by atoms with Crippen molar-refractivity contribution in [3.63, 3.8) is 0 Å². The number of urea groups is 1. The van der Waals surface area contributed by atoms with Crippen molar-refractivity contribution >= 4 is 45.9 Å². The summed E-state index contributed by atoms with van der Waals surface area (Å²) in [5, 5.41) is 6.13. The van der Waals surface area contributed by atoms with Crippen LogP contribution in [0.1, 0.15) is 36.9 Å². The summed E-state index contributed by atoms with van der Waals surface area (Å²) >= 11 is 6.55. The molecule has 2 aliphatic rings. The number of hydrogen-bond acceptors (Lipinski definition) is 6. The van der Waals surface area contributed by atoms with Crippen molar-refractivity contribution < 1.29 is 18.0 Å². The first kappa shape index (κ1) is 29.2. The minimum absolute atomic E-state index is 0.0282. The number of halogens is 4. The predicted octanol–water partition coefficient (Wildman–Crippen LogP) is 6.47. The molecule has 0 atom stereocenters. The number of rotatable bonds is 7. The molecule has 2 fully saturated rings. The molecular weight excluding hydrogens is 581 g/mol. The van der Waals surface area contributed by atoms with E-state index in [4.69, 9.17) is 17.3 Å². The fourth-order valence-corrected chi connectivity index (χ4v) is 5.82. The quantitative estimate of drug-likeness (QED) is 0.221. The highest BCUT2D eigenvalue weighted by molar-refractivity contribution is 6.34. The van der Waals surface area contributed by atoms with Crippen molar-refractivity contribution in [2.45, 2.75) is 38.5 Å². The van der Waals surface area contributed by atoms with Crippen molar-refractivity contribution in [2.75, 3.05) is 49.1 Å². The molecule has 1 saturated carbocycles. The second kappa shape index (κ2) is 11.7. The number of carbonyl (C=O) groups is 1. The van der Waals surface area contributed by atoms with Gasteiger partial charge in [0.1, 0.15) is 17.8 Å². The molecule has 1 aliphatic carbocycles. The van der Waals surface area contributed by atoms with Gasteiger partial charge >= 0.3 is 12.2 Å². The number of nitrogens with one attached hydrogen (secondary N) is 2. The molecule has 1 saturated heterocycles. The zero-order valence-corrected chi connectivity index (χ0v) is 24.3. The molecule has 4 N–H and O–H groups in total. The highest BCUT2D eigenvalue weighted by Crippen LogP contribution is 2.42. The maximum absolute atomic E-state index is 14.0. The zero-order chi connectivity index (χ0) is 30.3. The summed E-state index contributed by atoms with van der Waals surface area (Å²) in [5.41, 5.74) is 8.29. The Hall–Kier alpha value is -3.87. The predicted molar refractivity (Wildman–Crippen MR) is 162 cm³/mol. The standard InChI is InChI=1S/C30H32ClF3N8O/c1-2-40-9-11-41(12-10-40)15-19-3-5-20(14-23(19)30(32,33)34)38-29(43)39-25-8-4-18(13-24(25)31)22-16-42(21-6-7-21)28-26(22)27(35)36-17-37-28/h3-5,8,13-14,16-17,21H,2,6-7,9-12,15H2,1H3,(H2,35,36,37)(H2,38,39,43). The van der Waals surface area contributed by atoms with Crippen molar-refractivity contribution in [3.05, 3.63) is 65.1 Å². The first-order valence-electron chi connectivity index (χ1n) is 14.2. The number of aromatic nitrogens is 3. The average molecular weight is 613 g/mol. The smallest absolute Gasteiger partial charge is 0.383 e. The number of likely N-dealkylation sites (N-methyl/N-ethyl adjacent to an activating group) is 1. The molecule has 2 aromatic heterocycles. The number of carbonyl (C=O) groups excluding carboxylic acids is 1. The molecule has 0 unspecified atom stereocenters. The van der Waals surface area contributed by atoms with Crippen LogP contribution in [0.15, 0.2) is 48.9 Å². The third kappa shape index (κ3) is 6.27. The number of amides is 2. The van der Waals surface area contributed by atoms with Crippen LogP contribution in [0.2, 0.25) is 5.02 Å². The second-order valence-corrected chi connectivity index (χ2v) is 11.4. The summed E-state index contributed by atoms with van der Waals surface area (Å²) in [7, 11) is 0. The van der Waals surface area contributed by atoms with Gasteiger partial charge in [-0.05, 0) is 54.8 Å². The van der Waals surface area contributed by atoms with Gasteiger partial charge in [0.25, 0.3) is 0 Å². The van der Waals surface area contributed by atoms with Crippen LogP contribution >= 0.6 is 11.6 Å². The number of nitrogens with two attached hydrogens (primary N) is 1. The van der Waals surface area contributed by atoms with Crippen molar-refractivity contribution in [1.82, 2.24) is 24.3 Å². The van der Waals surface area contributed by atoms with Crippen LogP contribution in [0.25, 0.3) is 22.2 Å². The molecule has 4 aromatic rings. The Balaban J connectivity index is 1.17. The maximum Gasteiger partial charge on any atom is 0.416 e. The highest BCUT2D eigenvalue weighted by atomic mass is 35.5. The third-order valence-corrected chi connectivity index (χ3v) is 8.40. The van der Waals surface area contributed by atoms with Crippen molar-refractivity contribution in [1.29, 1.82) is 0 Å². The van der Waals surface area contributed by atoms with Gasteiger partial charge in [-0.15, -0.1) is 0 Å². The van der Waals surface area contributed by atoms with E-state index in [-0.39, 0.29) is 22.8 Å². The van der Waals surface area contributed by atoms with E-state index in [1.165, 1.54) is 18.5 Å². The van der Waals surface area contributed by atoms with E-state index in [1.54, 1.807) is 18.2 Å². The normalized spacial score (nSPS) is 16.5. The van der Waals surface area contributed by atoms with Gasteiger partial charge in [-0.25, -0.2) is 14.8 Å². The van der Waals surface area contributed by atoms with Crippen LogP contribution in [0.4, 0.5) is 35.2 Å². The summed E-state index contributed by atoms with van der Waals surface area (Å²) in [6, 6.07) is 8.68. The molecule has 6 rings (SSSR count). The first-order chi connectivity index (χ1) is 20.6. The minimum Gasteiger partial charge on any atom is -0.383 e. The van der Waals surface area contributed by atoms with Crippen LogP contribution in [0.3, 0.4) is 0 Å². The number of alkyl halides is 3. The number of fused-ring (bicyclic) bond motifs is 1. The number of hydrogen-bond donors (Lipinski definition) is 3. The van der Waals surface area contributed by atoms with E-state index in [9.17, 15) is 18.0 Å². The van der Waals surface area contributed by atoms with E-state index in [1.807, 2.05) is 11.1 Å². The largest absolute Gasteiger partial charge is 0.416 e. The summed E-state index contributed by atoms with van der Waals surface area (Å²) < 4.78 is 44.1. The molecule has 0 radical (unpaired) electrons. The number of nitrogens with zero attached hydrogens (tertiary/aromatic N) is 5. The molecule has 226 valence electrons. The Labute approximate surface area is 251 Å². The lowest BCUT2D eigenvalue weighted by Gasteiger charge is -2.34. The van der Waals surface area contributed by atoms with Gasteiger partial charge in [-0.2, -0.15) is 13.2 Å². The van der Waals surface area contributed by atoms with E-state index >= 15 is 0 Å². The van der Waals surface area contributed by atoms with Gasteiger partial charge in [-0.1, -0.05) is 30.7 Å². The van der Waals surface area contributed by atoms with Gasteiger partial charge in [-0.3, -0.25) is 4.90 Å². The molecular formula is C30H32ClF3N8O. The molecule has 3 heterocycles. The number of piperazine rings is 1. The van der Waals surface area contributed by atoms with Crippen LogP contribution in [-0.4, -0.2) is 63.1 Å². The zero-order valence-electron chi connectivity index (χ0n) is 23.6. The van der Waals surface area contributed by atoms with Gasteiger partial charge in [0.15, 0.2) is 0 Å². The Morgan fingerprint density at radius 1 is 1.05 bits per heavy atom. The Bertz CT molecular complexity index is 1660. The van der Waals surface area contributed by atoms with E-state index < -0.39 is 17.8 Å². The van der Waals surface area contributed by atoms with Crippen LogP contribution < -0.4 is 16.4 Å². The van der Waals surface area contributed by atoms with Crippen molar-refractivity contribution in [3.8, 4) is 11.1 Å². The summed E-state index contributed by atoms with van der Waals surface area (Å²) in [6.07, 6.45) is 1.00. The Morgan fingerprint density at radius 3 is 2.47 bits per heavy atom. The van der Waals surface area contributed by atoms with Crippen LogP contribution in [0.5, 0.6) is 0 Å². The Morgan fingerprint density at radius 2 is 1.79 bits per heavy atom. The van der Waals surface area contributed by atoms with E-state index in [0.29, 0.717) is 30.6 Å².